The minimum Gasteiger partial charge on any atom is -0.466 e. The molecule has 1 heterocycles. The maximum absolute atomic E-state index is 13.7. The standard InChI is InChI=1S/C37H28O8S/c1-42-36(41)37(45-35(40)26-15-9-4-10-16-26)22-29(27-17-18-31-28(21-27)19-20-46-31)32(44-34(39)25-13-7-3-8-14-25)30(23-37)43-33(38)24-11-5-2-6-12-24/h2-22,30,32H,23H2,1H3. The van der Waals surface area contributed by atoms with Crippen LogP contribution in [-0.4, -0.2) is 48.8 Å². The SMILES string of the molecule is COC(=O)C1(OC(=O)c2ccccc2)C=C(c2ccc3sccc3c2)C(OC(=O)c2ccccc2)C(OC(=O)c2ccccc2)C1. The van der Waals surface area contributed by atoms with Gasteiger partial charge in [0.25, 0.3) is 0 Å². The molecule has 1 aliphatic rings. The van der Waals surface area contributed by atoms with Gasteiger partial charge in [0.05, 0.1) is 23.8 Å². The van der Waals surface area contributed by atoms with E-state index in [0.717, 1.165) is 10.1 Å². The fraction of sp³-hybridized carbons (Fsp3) is 0.135. The molecule has 1 aliphatic carbocycles. The van der Waals surface area contributed by atoms with Gasteiger partial charge >= 0.3 is 23.9 Å². The molecule has 8 nitrogen and oxygen atoms in total. The molecule has 6 rings (SSSR count). The van der Waals surface area contributed by atoms with Gasteiger partial charge in [-0.2, -0.15) is 0 Å². The molecular formula is C37H28O8S. The normalized spacial score (nSPS) is 19.0. The molecule has 0 aliphatic heterocycles. The van der Waals surface area contributed by atoms with Gasteiger partial charge in [0.15, 0.2) is 6.10 Å². The molecule has 4 aromatic carbocycles. The molecule has 0 fully saturated rings. The zero-order chi connectivity index (χ0) is 32.1. The number of carbonyl (C=O) groups excluding carboxylic acids is 4. The lowest BCUT2D eigenvalue weighted by molar-refractivity contribution is -0.162. The molecule has 9 heteroatoms. The van der Waals surface area contributed by atoms with E-state index in [1.165, 1.54) is 13.2 Å². The van der Waals surface area contributed by atoms with Crippen molar-refractivity contribution in [3.05, 3.63) is 149 Å². The zero-order valence-electron chi connectivity index (χ0n) is 24.7. The van der Waals surface area contributed by atoms with Gasteiger partial charge in [-0.1, -0.05) is 60.7 Å². The van der Waals surface area contributed by atoms with E-state index in [1.54, 1.807) is 102 Å². The van der Waals surface area contributed by atoms with Crippen molar-refractivity contribution in [1.29, 1.82) is 0 Å². The van der Waals surface area contributed by atoms with E-state index in [1.807, 2.05) is 29.6 Å². The Morgan fingerprint density at radius 1 is 0.696 bits per heavy atom. The second-order valence-corrected chi connectivity index (χ2v) is 11.6. The van der Waals surface area contributed by atoms with Gasteiger partial charge in [-0.3, -0.25) is 0 Å². The second kappa shape index (κ2) is 13.2. The van der Waals surface area contributed by atoms with Gasteiger partial charge < -0.3 is 18.9 Å². The molecule has 230 valence electrons. The van der Waals surface area contributed by atoms with Crippen molar-refractivity contribution >= 4 is 50.9 Å². The van der Waals surface area contributed by atoms with Crippen LogP contribution >= 0.6 is 11.3 Å². The Kier molecular flexibility index (Phi) is 8.76. The van der Waals surface area contributed by atoms with Crippen molar-refractivity contribution in [1.82, 2.24) is 0 Å². The van der Waals surface area contributed by atoms with Gasteiger partial charge in [-0.15, -0.1) is 11.3 Å². The Morgan fingerprint density at radius 3 is 1.85 bits per heavy atom. The van der Waals surface area contributed by atoms with Gasteiger partial charge in [0.2, 0.25) is 5.60 Å². The van der Waals surface area contributed by atoms with Crippen LogP contribution in [0.15, 0.2) is 127 Å². The highest BCUT2D eigenvalue weighted by atomic mass is 32.1. The summed E-state index contributed by atoms with van der Waals surface area (Å²) in [7, 11) is 1.18. The largest absolute Gasteiger partial charge is 0.466 e. The maximum atomic E-state index is 13.7. The molecule has 3 atom stereocenters. The number of hydrogen-bond donors (Lipinski definition) is 0. The number of methoxy groups -OCH3 is 1. The molecule has 0 N–H and O–H groups in total. The number of benzene rings is 4. The fourth-order valence-corrected chi connectivity index (χ4v) is 6.17. The number of rotatable bonds is 8. The summed E-state index contributed by atoms with van der Waals surface area (Å²) in [5.41, 5.74) is -0.435. The highest BCUT2D eigenvalue weighted by molar-refractivity contribution is 7.17. The lowest BCUT2D eigenvalue weighted by Gasteiger charge is -2.40. The Hall–Kier alpha value is -5.54. The number of carbonyl (C=O) groups is 4. The lowest BCUT2D eigenvalue weighted by atomic mass is 9.79. The van der Waals surface area contributed by atoms with Crippen molar-refractivity contribution < 1.29 is 38.1 Å². The first kappa shape index (κ1) is 30.5. The Morgan fingerprint density at radius 2 is 1.26 bits per heavy atom. The first-order valence-electron chi connectivity index (χ1n) is 14.5. The zero-order valence-corrected chi connectivity index (χ0v) is 25.5. The van der Waals surface area contributed by atoms with Crippen LogP contribution < -0.4 is 0 Å². The smallest absolute Gasteiger partial charge is 0.354 e. The molecule has 1 aromatic heterocycles. The average molecular weight is 633 g/mol. The summed E-state index contributed by atoms with van der Waals surface area (Å²) in [5.74, 6) is -3.06. The summed E-state index contributed by atoms with van der Waals surface area (Å²) in [4.78, 5) is 54.1. The van der Waals surface area contributed by atoms with E-state index in [-0.39, 0.29) is 23.1 Å². The molecule has 0 spiro atoms. The Balaban J connectivity index is 1.51. The summed E-state index contributed by atoms with van der Waals surface area (Å²) < 4.78 is 24.3. The summed E-state index contributed by atoms with van der Waals surface area (Å²) in [6, 6.07) is 32.4. The van der Waals surface area contributed by atoms with Crippen molar-refractivity contribution in [2.24, 2.45) is 0 Å². The molecule has 46 heavy (non-hydrogen) atoms. The number of fused-ring (bicyclic) bond motifs is 1. The molecule has 0 saturated heterocycles. The maximum Gasteiger partial charge on any atom is 0.354 e. The number of thiophene rings is 1. The third kappa shape index (κ3) is 6.31. The van der Waals surface area contributed by atoms with Crippen molar-refractivity contribution in [3.8, 4) is 0 Å². The van der Waals surface area contributed by atoms with E-state index >= 15 is 0 Å². The van der Waals surface area contributed by atoms with Gasteiger partial charge in [0, 0.05) is 16.7 Å². The van der Waals surface area contributed by atoms with E-state index < -0.39 is 41.7 Å². The Labute approximate surface area is 268 Å². The van der Waals surface area contributed by atoms with Gasteiger partial charge in [-0.05, 0) is 77.0 Å². The monoisotopic (exact) mass is 632 g/mol. The van der Waals surface area contributed by atoms with Crippen LogP contribution in [0.1, 0.15) is 43.1 Å². The quantitative estimate of drug-likeness (QED) is 0.134. The van der Waals surface area contributed by atoms with E-state index in [4.69, 9.17) is 18.9 Å². The number of hydrogen-bond acceptors (Lipinski definition) is 9. The highest BCUT2D eigenvalue weighted by Gasteiger charge is 2.53. The fourth-order valence-electron chi connectivity index (χ4n) is 5.40. The molecule has 0 saturated carbocycles. The summed E-state index contributed by atoms with van der Waals surface area (Å²) >= 11 is 1.55. The Bertz CT molecular complexity index is 1920. The van der Waals surface area contributed by atoms with Crippen LogP contribution in [0.25, 0.3) is 15.7 Å². The topological polar surface area (TPSA) is 105 Å². The van der Waals surface area contributed by atoms with E-state index in [2.05, 4.69) is 0 Å². The third-order valence-corrected chi connectivity index (χ3v) is 8.55. The molecule has 3 unspecified atom stereocenters. The van der Waals surface area contributed by atoms with Crippen molar-refractivity contribution in [2.75, 3.05) is 7.11 Å². The van der Waals surface area contributed by atoms with Crippen LogP contribution in [0.4, 0.5) is 0 Å². The van der Waals surface area contributed by atoms with Crippen LogP contribution in [0, 0.1) is 0 Å². The number of esters is 4. The summed E-state index contributed by atoms with van der Waals surface area (Å²) in [5, 5.41) is 2.85. The first-order chi connectivity index (χ1) is 22.4. The predicted octanol–water partition coefficient (Wildman–Crippen LogP) is 6.91. The van der Waals surface area contributed by atoms with E-state index in [9.17, 15) is 19.2 Å². The molecule has 0 radical (unpaired) electrons. The third-order valence-electron chi connectivity index (χ3n) is 7.65. The molecular weight excluding hydrogens is 604 g/mol. The lowest BCUT2D eigenvalue weighted by Crippen LogP contribution is -2.53. The van der Waals surface area contributed by atoms with Crippen molar-refractivity contribution in [3.63, 3.8) is 0 Å². The van der Waals surface area contributed by atoms with Crippen LogP contribution in [0.3, 0.4) is 0 Å². The number of ether oxygens (including phenoxy) is 4. The second-order valence-electron chi connectivity index (χ2n) is 10.6. The van der Waals surface area contributed by atoms with Crippen LogP contribution in [0.5, 0.6) is 0 Å². The minimum absolute atomic E-state index is 0.205. The van der Waals surface area contributed by atoms with Gasteiger partial charge in [0.1, 0.15) is 6.10 Å². The molecule has 0 bridgehead atoms. The molecule has 5 aromatic rings. The van der Waals surface area contributed by atoms with Gasteiger partial charge in [-0.25, -0.2) is 19.2 Å². The van der Waals surface area contributed by atoms with Crippen LogP contribution in [0.2, 0.25) is 0 Å². The highest BCUT2D eigenvalue weighted by Crippen LogP contribution is 2.41. The van der Waals surface area contributed by atoms with E-state index in [0.29, 0.717) is 11.1 Å². The minimum atomic E-state index is -2.04. The predicted molar refractivity (Wildman–Crippen MR) is 172 cm³/mol. The first-order valence-corrected chi connectivity index (χ1v) is 15.3. The average Bonchev–Trinajstić information content (AvgIpc) is 3.58. The summed E-state index contributed by atoms with van der Waals surface area (Å²) in [6.45, 7) is 0. The van der Waals surface area contributed by atoms with Crippen molar-refractivity contribution in [2.45, 2.75) is 24.2 Å². The van der Waals surface area contributed by atoms with Crippen LogP contribution in [-0.2, 0) is 23.7 Å². The summed E-state index contributed by atoms with van der Waals surface area (Å²) in [6.07, 6.45) is -1.40. The molecule has 0 amide bonds.